The quantitative estimate of drug-likeness (QED) is 0.152. The van der Waals surface area contributed by atoms with Crippen LogP contribution in [0.5, 0.6) is 5.75 Å². The third kappa shape index (κ3) is 6.89. The van der Waals surface area contributed by atoms with E-state index in [4.69, 9.17) is 21.1 Å². The van der Waals surface area contributed by atoms with E-state index in [-0.39, 0.29) is 33.7 Å². The summed E-state index contributed by atoms with van der Waals surface area (Å²) in [6, 6.07) is 14.2. The van der Waals surface area contributed by atoms with Crippen molar-refractivity contribution in [1.82, 2.24) is 14.8 Å². The number of para-hydroxylation sites is 1. The first kappa shape index (κ1) is 30.1. The lowest BCUT2D eigenvalue weighted by atomic mass is 10.1. The average molecular weight is 614 g/mol. The van der Waals surface area contributed by atoms with Crippen molar-refractivity contribution < 1.29 is 23.9 Å². The summed E-state index contributed by atoms with van der Waals surface area (Å²) in [7, 11) is 1.56. The highest BCUT2D eigenvalue weighted by Gasteiger charge is 2.27. The molecule has 0 spiro atoms. The highest BCUT2D eigenvalue weighted by Crippen LogP contribution is 2.36. The molecule has 0 unspecified atom stereocenters. The molecule has 0 aliphatic heterocycles. The third-order valence-corrected chi connectivity index (χ3v) is 8.28. The minimum absolute atomic E-state index is 0.0176. The van der Waals surface area contributed by atoms with Gasteiger partial charge in [-0.3, -0.25) is 9.59 Å². The summed E-state index contributed by atoms with van der Waals surface area (Å²) in [6.07, 6.45) is 0. The Bertz CT molecular complexity index is 1570. The summed E-state index contributed by atoms with van der Waals surface area (Å²) in [5.74, 6) is -0.253. The molecule has 2 amide bonds. The van der Waals surface area contributed by atoms with Gasteiger partial charge in [0.05, 0.1) is 30.6 Å². The number of anilines is 2. The number of thioether (sulfide) groups is 1. The molecule has 2 aromatic carbocycles. The molecule has 41 heavy (non-hydrogen) atoms. The van der Waals surface area contributed by atoms with E-state index in [1.807, 2.05) is 17.6 Å². The summed E-state index contributed by atoms with van der Waals surface area (Å²) in [4.78, 5) is 39.2. The van der Waals surface area contributed by atoms with Gasteiger partial charge in [0.25, 0.3) is 5.91 Å². The van der Waals surface area contributed by atoms with Gasteiger partial charge in [0.15, 0.2) is 11.0 Å². The van der Waals surface area contributed by atoms with Crippen LogP contribution in [-0.2, 0) is 16.1 Å². The first-order valence-corrected chi connectivity index (χ1v) is 14.8. The van der Waals surface area contributed by atoms with E-state index < -0.39 is 11.9 Å². The summed E-state index contributed by atoms with van der Waals surface area (Å²) >= 11 is 8.40. The SMILES string of the molecule is CCOC(=O)c1sc(NC(=O)CSc2nnc(-c3cc(Cl)ccc3OC)n2CC)c(C(=O)Nc2ccccc2)c1C. The molecule has 2 heterocycles. The van der Waals surface area contributed by atoms with Crippen molar-refractivity contribution in [3.63, 3.8) is 0 Å². The molecular weight excluding hydrogens is 586 g/mol. The molecule has 10 nitrogen and oxygen atoms in total. The second-order valence-corrected chi connectivity index (χ2v) is 10.9. The molecule has 13 heteroatoms. The van der Waals surface area contributed by atoms with E-state index in [1.54, 1.807) is 63.4 Å². The molecule has 4 aromatic rings. The third-order valence-electron chi connectivity index (χ3n) is 5.89. The van der Waals surface area contributed by atoms with Gasteiger partial charge >= 0.3 is 5.97 Å². The van der Waals surface area contributed by atoms with E-state index in [2.05, 4.69) is 20.8 Å². The first-order chi connectivity index (χ1) is 19.8. The van der Waals surface area contributed by atoms with Gasteiger partial charge in [-0.15, -0.1) is 21.5 Å². The van der Waals surface area contributed by atoms with Gasteiger partial charge in [0.2, 0.25) is 5.91 Å². The molecule has 2 aromatic heterocycles. The Kier molecular flexibility index (Phi) is 10.0. The molecule has 0 saturated carbocycles. The van der Waals surface area contributed by atoms with Gasteiger partial charge in [-0.05, 0) is 56.7 Å². The molecule has 0 aliphatic carbocycles. The van der Waals surface area contributed by atoms with E-state index in [0.717, 1.165) is 11.3 Å². The molecule has 0 saturated heterocycles. The van der Waals surface area contributed by atoms with Crippen LogP contribution in [0, 0.1) is 6.92 Å². The van der Waals surface area contributed by atoms with Crippen molar-refractivity contribution >= 4 is 63.2 Å². The largest absolute Gasteiger partial charge is 0.496 e. The molecule has 214 valence electrons. The highest BCUT2D eigenvalue weighted by atomic mass is 35.5. The number of hydrogen-bond donors (Lipinski definition) is 2. The Morgan fingerprint density at radius 1 is 1.07 bits per heavy atom. The predicted molar refractivity (Wildman–Crippen MR) is 161 cm³/mol. The lowest BCUT2D eigenvalue weighted by molar-refractivity contribution is -0.113. The van der Waals surface area contributed by atoms with E-state index in [9.17, 15) is 14.4 Å². The highest BCUT2D eigenvalue weighted by molar-refractivity contribution is 7.99. The maximum atomic E-state index is 13.3. The minimum Gasteiger partial charge on any atom is -0.496 e. The number of esters is 1. The zero-order valence-corrected chi connectivity index (χ0v) is 25.2. The topological polar surface area (TPSA) is 124 Å². The van der Waals surface area contributed by atoms with Crippen molar-refractivity contribution in [1.29, 1.82) is 0 Å². The summed E-state index contributed by atoms with van der Waals surface area (Å²) in [6.45, 7) is 6.02. The maximum Gasteiger partial charge on any atom is 0.348 e. The van der Waals surface area contributed by atoms with Crippen LogP contribution in [-0.4, -0.2) is 52.0 Å². The number of carbonyl (C=O) groups is 3. The Morgan fingerprint density at radius 2 is 1.83 bits per heavy atom. The number of ether oxygens (including phenoxy) is 2. The number of halogens is 1. The van der Waals surface area contributed by atoms with E-state index in [1.165, 1.54) is 11.8 Å². The fraction of sp³-hybridized carbons (Fsp3) is 0.250. The first-order valence-electron chi connectivity index (χ1n) is 12.6. The van der Waals surface area contributed by atoms with Crippen molar-refractivity contribution in [2.75, 3.05) is 30.1 Å². The molecule has 0 aliphatic rings. The summed E-state index contributed by atoms with van der Waals surface area (Å²) in [5.41, 5.74) is 1.89. The van der Waals surface area contributed by atoms with Crippen molar-refractivity contribution in [3.05, 3.63) is 69.6 Å². The molecule has 0 atom stereocenters. The Labute approximate surface area is 250 Å². The fourth-order valence-electron chi connectivity index (χ4n) is 4.01. The number of benzene rings is 2. The van der Waals surface area contributed by atoms with Gasteiger partial charge in [-0.2, -0.15) is 0 Å². The van der Waals surface area contributed by atoms with E-state index in [0.29, 0.717) is 45.1 Å². The van der Waals surface area contributed by atoms with Crippen LogP contribution in [0.4, 0.5) is 10.7 Å². The number of methoxy groups -OCH3 is 1. The Balaban J connectivity index is 1.55. The number of nitrogens with one attached hydrogen (secondary N) is 2. The predicted octanol–water partition coefficient (Wildman–Crippen LogP) is 6.16. The Hall–Kier alpha value is -3.87. The van der Waals surface area contributed by atoms with Crippen molar-refractivity contribution in [3.8, 4) is 17.1 Å². The van der Waals surface area contributed by atoms with Gasteiger partial charge in [-0.1, -0.05) is 41.6 Å². The van der Waals surface area contributed by atoms with Crippen LogP contribution in [0.3, 0.4) is 0 Å². The molecule has 0 radical (unpaired) electrons. The molecule has 0 fully saturated rings. The number of thiophene rings is 1. The zero-order valence-electron chi connectivity index (χ0n) is 22.8. The maximum absolute atomic E-state index is 13.3. The Morgan fingerprint density at radius 3 is 2.51 bits per heavy atom. The number of carbonyl (C=O) groups excluding carboxylic acids is 3. The smallest absolute Gasteiger partial charge is 0.348 e. The van der Waals surface area contributed by atoms with Crippen LogP contribution in [0.2, 0.25) is 5.02 Å². The number of rotatable bonds is 11. The van der Waals surface area contributed by atoms with Crippen LogP contribution < -0.4 is 15.4 Å². The number of hydrogen-bond acceptors (Lipinski definition) is 9. The zero-order chi connectivity index (χ0) is 29.5. The molecular formula is C28H28ClN5O5S2. The van der Waals surface area contributed by atoms with Crippen LogP contribution >= 0.6 is 34.7 Å². The molecule has 2 N–H and O–H groups in total. The number of aromatic nitrogens is 3. The lowest BCUT2D eigenvalue weighted by Crippen LogP contribution is -2.19. The standard InChI is InChI=1S/C28H28ClN5O5S2/c1-5-34-24(19-14-17(29)12-13-20(19)38-4)32-33-28(34)40-15-21(35)31-26-22(16(3)23(41-26)27(37)39-6-2)25(36)30-18-10-8-7-9-11-18/h7-14H,5-6,15H2,1-4H3,(H,30,36)(H,31,35). The van der Waals surface area contributed by atoms with Crippen LogP contribution in [0.15, 0.2) is 53.7 Å². The number of nitrogens with zero attached hydrogens (tertiary/aromatic N) is 3. The second-order valence-electron chi connectivity index (χ2n) is 8.53. The monoisotopic (exact) mass is 613 g/mol. The molecule has 4 rings (SSSR count). The van der Waals surface area contributed by atoms with Gasteiger partial charge < -0.3 is 24.7 Å². The molecule has 0 bridgehead atoms. The van der Waals surface area contributed by atoms with E-state index >= 15 is 0 Å². The van der Waals surface area contributed by atoms with Gasteiger partial charge in [-0.25, -0.2) is 4.79 Å². The average Bonchev–Trinajstić information content (AvgIpc) is 3.52. The number of amides is 2. The van der Waals surface area contributed by atoms with Crippen molar-refractivity contribution in [2.24, 2.45) is 0 Å². The summed E-state index contributed by atoms with van der Waals surface area (Å²) < 4.78 is 12.5. The normalized spacial score (nSPS) is 10.8. The summed E-state index contributed by atoms with van der Waals surface area (Å²) in [5, 5.41) is 15.5. The lowest BCUT2D eigenvalue weighted by Gasteiger charge is -2.11. The van der Waals surface area contributed by atoms with Crippen LogP contribution in [0.1, 0.15) is 39.4 Å². The van der Waals surface area contributed by atoms with Crippen LogP contribution in [0.25, 0.3) is 11.4 Å². The second kappa shape index (κ2) is 13.7. The van der Waals surface area contributed by atoms with Gasteiger partial charge in [0, 0.05) is 17.3 Å². The minimum atomic E-state index is -0.557. The van der Waals surface area contributed by atoms with Gasteiger partial charge in [0.1, 0.15) is 15.6 Å². The fourth-order valence-corrected chi connectivity index (χ4v) is 6.10. The van der Waals surface area contributed by atoms with Crippen molar-refractivity contribution in [2.45, 2.75) is 32.5 Å².